The van der Waals surface area contributed by atoms with E-state index in [0.29, 0.717) is 19.0 Å². The lowest BCUT2D eigenvalue weighted by Gasteiger charge is -2.06. The Morgan fingerprint density at radius 2 is 1.66 bits per heavy atom. The number of benzene rings is 2. The maximum atomic E-state index is 12.0. The lowest BCUT2D eigenvalue weighted by molar-refractivity contribution is 0.0897. The minimum absolute atomic E-state index is 0.116. The van der Waals surface area contributed by atoms with Crippen molar-refractivity contribution >= 4 is 44.0 Å². The first-order valence-corrected chi connectivity index (χ1v) is 18.7. The van der Waals surface area contributed by atoms with Crippen molar-refractivity contribution in [2.24, 2.45) is 0 Å². The molecule has 0 aliphatic carbocycles. The van der Waals surface area contributed by atoms with Gasteiger partial charge in [-0.1, -0.05) is 93.7 Å². The van der Waals surface area contributed by atoms with E-state index in [2.05, 4.69) is 65.0 Å². The SMILES string of the molecule is C=C(/C=C(\C)SC)OCF.C=C(C)/C=C\C(C)=C/C.CC.CC.CNc1ccc(-c2cn3c(n2)sc2cc(OCCOCCF)ccc23)cc1. The first kappa shape index (κ1) is 46.1. The highest BCUT2D eigenvalue weighted by Crippen LogP contribution is 2.32. The van der Waals surface area contributed by atoms with Crippen LogP contribution in [0, 0.1) is 0 Å². The Morgan fingerprint density at radius 3 is 2.22 bits per heavy atom. The number of hydrogen-bond donors (Lipinski definition) is 1. The lowest BCUT2D eigenvalue weighted by atomic mass is 10.1. The number of thiazole rings is 1. The molecule has 0 spiro atoms. The minimum atomic E-state index is -0.809. The average Bonchev–Trinajstić information content (AvgIpc) is 3.71. The number of hydrogen-bond acceptors (Lipinski definition) is 7. The number of allylic oxidation sites excluding steroid dienone is 7. The number of halogens is 2. The molecule has 10 heteroatoms. The summed E-state index contributed by atoms with van der Waals surface area (Å²) >= 11 is 3.20. The van der Waals surface area contributed by atoms with Gasteiger partial charge in [0.05, 0.1) is 29.1 Å². The van der Waals surface area contributed by atoms with Crippen molar-refractivity contribution in [3.8, 4) is 17.0 Å². The van der Waals surface area contributed by atoms with Gasteiger partial charge >= 0.3 is 0 Å². The Hall–Kier alpha value is -3.86. The second-order valence-corrected chi connectivity index (χ2v) is 11.9. The van der Waals surface area contributed by atoms with E-state index in [9.17, 15) is 8.78 Å². The van der Waals surface area contributed by atoms with Gasteiger partial charge in [0.15, 0.2) is 4.96 Å². The fourth-order valence-corrected chi connectivity index (χ4v) is 4.95. The molecule has 0 saturated carbocycles. The molecule has 4 aromatic rings. The van der Waals surface area contributed by atoms with E-state index in [1.807, 2.05) is 98.2 Å². The molecule has 276 valence electrons. The van der Waals surface area contributed by atoms with Crippen molar-refractivity contribution < 1.29 is 23.0 Å². The molecule has 6 nitrogen and oxygen atoms in total. The van der Waals surface area contributed by atoms with Gasteiger partial charge in [0, 0.05) is 24.5 Å². The summed E-state index contributed by atoms with van der Waals surface area (Å²) in [5.41, 5.74) is 6.59. The van der Waals surface area contributed by atoms with Gasteiger partial charge in [0.2, 0.25) is 6.86 Å². The minimum Gasteiger partial charge on any atom is -0.491 e. The van der Waals surface area contributed by atoms with Crippen molar-refractivity contribution in [2.75, 3.05) is 52.0 Å². The van der Waals surface area contributed by atoms with Gasteiger partial charge in [-0.05, 0) is 75.3 Å². The summed E-state index contributed by atoms with van der Waals surface area (Å²) in [5, 5.41) is 3.12. The van der Waals surface area contributed by atoms with Gasteiger partial charge in [0.1, 0.15) is 24.8 Å². The molecule has 2 aromatic heterocycles. The highest BCUT2D eigenvalue weighted by molar-refractivity contribution is 8.02. The van der Waals surface area contributed by atoms with Crippen molar-refractivity contribution in [2.45, 2.75) is 55.4 Å². The molecule has 0 fully saturated rings. The van der Waals surface area contributed by atoms with Crippen molar-refractivity contribution in [1.82, 2.24) is 9.38 Å². The summed E-state index contributed by atoms with van der Waals surface area (Å²) in [6.07, 6.45) is 11.8. The summed E-state index contributed by atoms with van der Waals surface area (Å²) in [6.45, 7) is 22.8. The molecule has 0 bridgehead atoms. The fourth-order valence-electron chi connectivity index (χ4n) is 3.66. The normalized spacial score (nSPS) is 10.9. The molecule has 0 amide bonds. The van der Waals surface area contributed by atoms with Crippen LogP contribution >= 0.6 is 23.1 Å². The number of nitrogens with one attached hydrogen (secondary N) is 1. The topological polar surface area (TPSA) is 57.0 Å². The number of anilines is 1. The van der Waals surface area contributed by atoms with Crippen LogP contribution in [-0.4, -0.2) is 56.0 Å². The third-order valence-electron chi connectivity index (χ3n) is 6.27. The largest absolute Gasteiger partial charge is 0.491 e. The van der Waals surface area contributed by atoms with Crippen LogP contribution in [0.4, 0.5) is 14.5 Å². The molecule has 0 unspecified atom stereocenters. The Bertz CT molecular complexity index is 1620. The van der Waals surface area contributed by atoms with E-state index in [-0.39, 0.29) is 6.61 Å². The first-order chi connectivity index (χ1) is 24.1. The fraction of sp³-hybridized carbons (Fsp3) is 0.375. The first-order valence-electron chi connectivity index (χ1n) is 16.7. The third kappa shape index (κ3) is 17.7. The van der Waals surface area contributed by atoms with Gasteiger partial charge in [0.25, 0.3) is 0 Å². The molecule has 4 rings (SSSR count). The van der Waals surface area contributed by atoms with Gasteiger partial charge in [-0.15, -0.1) is 11.8 Å². The molecule has 0 aliphatic rings. The van der Waals surface area contributed by atoms with Crippen LogP contribution in [0.5, 0.6) is 5.75 Å². The Kier molecular flexibility index (Phi) is 25.8. The number of nitrogens with zero attached hydrogens (tertiary/aromatic N) is 2. The van der Waals surface area contributed by atoms with E-state index in [4.69, 9.17) is 14.5 Å². The summed E-state index contributed by atoms with van der Waals surface area (Å²) in [5.74, 6) is 1.15. The standard InChI is InChI=1S/C20H20FN3O2S.C9H14.C7H11FOS.2C2H6/c1-22-15-4-2-14(3-5-15)17-13-24-18-7-6-16(26-11-10-25-9-8-21)12-19(18)27-20(24)23-17;1-5-9(4)7-6-8(2)3;1-6(9-5-8)4-7(2)10-3;2*1-2/h2-7,12-13,22H,8-11H2,1H3;5-7H,2H2,1,3-4H3;4H,1,5H2,2-3H3;2*1-2H3/b;7-6-,9-5-;7-4+;;. The van der Waals surface area contributed by atoms with E-state index in [1.165, 1.54) is 5.57 Å². The molecule has 1 N–H and O–H groups in total. The van der Waals surface area contributed by atoms with Crippen LogP contribution in [0.3, 0.4) is 0 Å². The highest BCUT2D eigenvalue weighted by atomic mass is 32.2. The highest BCUT2D eigenvalue weighted by Gasteiger charge is 2.11. The van der Waals surface area contributed by atoms with Crippen LogP contribution in [0.2, 0.25) is 0 Å². The summed E-state index contributed by atoms with van der Waals surface area (Å²) < 4.78 is 41.9. The number of rotatable bonds is 14. The number of thioether (sulfide) groups is 1. The number of aromatic nitrogens is 2. The van der Waals surface area contributed by atoms with Gasteiger partial charge in [-0.25, -0.2) is 13.8 Å². The second-order valence-electron chi connectivity index (χ2n) is 9.88. The van der Waals surface area contributed by atoms with Crippen molar-refractivity contribution in [1.29, 1.82) is 0 Å². The predicted molar refractivity (Wildman–Crippen MR) is 217 cm³/mol. The van der Waals surface area contributed by atoms with Crippen LogP contribution in [0.25, 0.3) is 26.4 Å². The quantitative estimate of drug-likeness (QED) is 0.0792. The molecule has 0 radical (unpaired) electrons. The number of fused-ring (bicyclic) bond motifs is 3. The van der Waals surface area contributed by atoms with E-state index < -0.39 is 13.5 Å². The van der Waals surface area contributed by atoms with E-state index in [1.54, 1.807) is 29.2 Å². The summed E-state index contributed by atoms with van der Waals surface area (Å²) in [6, 6.07) is 14.2. The van der Waals surface area contributed by atoms with Crippen molar-refractivity contribution in [3.05, 3.63) is 108 Å². The molecule has 50 heavy (non-hydrogen) atoms. The second kappa shape index (κ2) is 27.9. The number of imidazole rings is 1. The monoisotopic (exact) mass is 729 g/mol. The van der Waals surface area contributed by atoms with Crippen LogP contribution in [0.1, 0.15) is 55.4 Å². The predicted octanol–water partition coefficient (Wildman–Crippen LogP) is 12.5. The maximum absolute atomic E-state index is 12.0. The maximum Gasteiger partial charge on any atom is 0.228 e. The number of ether oxygens (including phenoxy) is 3. The van der Waals surface area contributed by atoms with E-state index in [0.717, 1.165) is 48.4 Å². The lowest BCUT2D eigenvalue weighted by Crippen LogP contribution is -2.08. The molecule has 2 aromatic carbocycles. The smallest absolute Gasteiger partial charge is 0.228 e. The molecule has 2 heterocycles. The van der Waals surface area contributed by atoms with Crippen molar-refractivity contribution in [3.63, 3.8) is 0 Å². The Morgan fingerprint density at radius 1 is 0.980 bits per heavy atom. The van der Waals surface area contributed by atoms with Gasteiger partial charge in [-0.2, -0.15) is 0 Å². The number of alkyl halides is 2. The van der Waals surface area contributed by atoms with E-state index >= 15 is 0 Å². The Labute approximate surface area is 307 Å². The molecular formula is C40H57F2N3O3S2. The molecule has 0 saturated heterocycles. The summed E-state index contributed by atoms with van der Waals surface area (Å²) in [7, 11) is 1.91. The summed E-state index contributed by atoms with van der Waals surface area (Å²) in [4.78, 5) is 6.77. The zero-order chi connectivity index (χ0) is 37.9. The molecule has 0 atom stereocenters. The Balaban J connectivity index is 0.000000865. The van der Waals surface area contributed by atoms with Gasteiger partial charge < -0.3 is 19.5 Å². The molecule has 0 aliphatic heterocycles. The van der Waals surface area contributed by atoms with Gasteiger partial charge in [-0.3, -0.25) is 4.40 Å². The average molecular weight is 730 g/mol. The third-order valence-corrected chi connectivity index (χ3v) is 8.04. The van der Waals surface area contributed by atoms with Crippen LogP contribution in [-0.2, 0) is 9.47 Å². The zero-order valence-corrected chi connectivity index (χ0v) is 33.2. The van der Waals surface area contributed by atoms with Crippen LogP contribution in [0.15, 0.2) is 108 Å². The zero-order valence-electron chi connectivity index (χ0n) is 31.6. The van der Waals surface area contributed by atoms with Crippen LogP contribution < -0.4 is 10.1 Å². The molecular weight excluding hydrogens is 673 g/mol.